The molecule has 0 spiro atoms. The van der Waals surface area contributed by atoms with E-state index in [4.69, 9.17) is 4.52 Å². The Labute approximate surface area is 142 Å². The predicted octanol–water partition coefficient (Wildman–Crippen LogP) is 2.98. The summed E-state index contributed by atoms with van der Waals surface area (Å²) < 4.78 is 5.10. The fraction of sp³-hybridized carbons (Fsp3) is 0.529. The summed E-state index contributed by atoms with van der Waals surface area (Å²) in [6.07, 6.45) is 1.55. The minimum atomic E-state index is -0.222. The maximum atomic E-state index is 12.1. The molecule has 0 radical (unpaired) electrons. The summed E-state index contributed by atoms with van der Waals surface area (Å²) >= 11 is 0. The number of pyridine rings is 1. The Balaban J connectivity index is 1.87. The quantitative estimate of drug-likeness (QED) is 0.845. The third-order valence-corrected chi connectivity index (χ3v) is 3.21. The van der Waals surface area contributed by atoms with E-state index in [9.17, 15) is 4.79 Å². The van der Waals surface area contributed by atoms with Gasteiger partial charge >= 0.3 is 0 Å². The number of carbonyl (C=O) groups excluding carboxylic acids is 1. The topological polar surface area (TPSA) is 92.9 Å². The van der Waals surface area contributed by atoms with Crippen LogP contribution in [0.5, 0.6) is 0 Å². The van der Waals surface area contributed by atoms with Crippen LogP contribution in [0, 0.1) is 5.41 Å². The summed E-state index contributed by atoms with van der Waals surface area (Å²) in [7, 11) is 0. The molecular formula is C17H25N5O2. The predicted molar refractivity (Wildman–Crippen MR) is 91.7 cm³/mol. The summed E-state index contributed by atoms with van der Waals surface area (Å²) in [5.74, 6) is 1.72. The van der Waals surface area contributed by atoms with Crippen molar-refractivity contribution in [1.29, 1.82) is 0 Å². The van der Waals surface area contributed by atoms with E-state index in [1.54, 1.807) is 18.3 Å². The number of amides is 1. The minimum absolute atomic E-state index is 0.164. The van der Waals surface area contributed by atoms with Crippen molar-refractivity contribution in [3.05, 3.63) is 35.6 Å². The van der Waals surface area contributed by atoms with Crippen molar-refractivity contribution >= 4 is 11.7 Å². The normalized spacial score (nSPS) is 11.6. The van der Waals surface area contributed by atoms with Gasteiger partial charge in [0.15, 0.2) is 5.82 Å². The molecule has 2 aromatic heterocycles. The highest BCUT2D eigenvalue weighted by Crippen LogP contribution is 2.14. The van der Waals surface area contributed by atoms with Crippen molar-refractivity contribution in [2.75, 3.05) is 11.9 Å². The van der Waals surface area contributed by atoms with Crippen LogP contribution in [0.25, 0.3) is 0 Å². The third-order valence-electron chi connectivity index (χ3n) is 3.21. The second kappa shape index (κ2) is 7.42. The molecule has 0 atom stereocenters. The SMILES string of the molecule is CC(C)c1nc(CNC(=O)c2ccc(NCC(C)(C)C)nc2)no1. The summed E-state index contributed by atoms with van der Waals surface area (Å²) in [6, 6.07) is 3.54. The van der Waals surface area contributed by atoms with Crippen LogP contribution in [0.3, 0.4) is 0 Å². The zero-order chi connectivity index (χ0) is 17.7. The molecule has 130 valence electrons. The first-order valence-electron chi connectivity index (χ1n) is 8.05. The van der Waals surface area contributed by atoms with E-state index < -0.39 is 0 Å². The molecule has 2 heterocycles. The zero-order valence-electron chi connectivity index (χ0n) is 14.9. The zero-order valence-corrected chi connectivity index (χ0v) is 14.9. The van der Waals surface area contributed by atoms with Crippen molar-refractivity contribution < 1.29 is 9.32 Å². The van der Waals surface area contributed by atoms with Crippen LogP contribution in [0.15, 0.2) is 22.9 Å². The highest BCUT2D eigenvalue weighted by Gasteiger charge is 2.13. The lowest BCUT2D eigenvalue weighted by molar-refractivity contribution is 0.0949. The molecule has 0 bridgehead atoms. The number of nitrogens with one attached hydrogen (secondary N) is 2. The average molecular weight is 331 g/mol. The first kappa shape index (κ1) is 17.9. The van der Waals surface area contributed by atoms with Gasteiger partial charge in [-0.05, 0) is 17.5 Å². The Hall–Kier alpha value is -2.44. The molecule has 0 aromatic carbocycles. The molecule has 0 unspecified atom stereocenters. The number of nitrogens with zero attached hydrogens (tertiary/aromatic N) is 3. The third kappa shape index (κ3) is 5.33. The highest BCUT2D eigenvalue weighted by atomic mass is 16.5. The van der Waals surface area contributed by atoms with Gasteiger partial charge in [0.05, 0.1) is 12.1 Å². The summed E-state index contributed by atoms with van der Waals surface area (Å²) in [5, 5.41) is 9.84. The Kier molecular flexibility index (Phi) is 5.54. The van der Waals surface area contributed by atoms with E-state index >= 15 is 0 Å². The Morgan fingerprint density at radius 2 is 2.04 bits per heavy atom. The fourth-order valence-corrected chi connectivity index (χ4v) is 1.82. The van der Waals surface area contributed by atoms with Gasteiger partial charge in [0.2, 0.25) is 5.89 Å². The maximum absolute atomic E-state index is 12.1. The van der Waals surface area contributed by atoms with Gasteiger partial charge in [-0.25, -0.2) is 4.98 Å². The van der Waals surface area contributed by atoms with Crippen molar-refractivity contribution in [1.82, 2.24) is 20.4 Å². The van der Waals surface area contributed by atoms with Gasteiger partial charge in [-0.2, -0.15) is 4.98 Å². The van der Waals surface area contributed by atoms with E-state index in [0.29, 0.717) is 17.3 Å². The fourth-order valence-electron chi connectivity index (χ4n) is 1.82. The molecule has 1 amide bonds. The second-order valence-electron chi connectivity index (χ2n) is 7.23. The van der Waals surface area contributed by atoms with Gasteiger partial charge in [0.25, 0.3) is 5.91 Å². The molecule has 2 rings (SSSR count). The number of hydrogen-bond acceptors (Lipinski definition) is 6. The molecule has 2 N–H and O–H groups in total. The standard InChI is InChI=1S/C17H25N5O2/c1-11(2)16-21-14(22-24-16)9-19-15(23)12-6-7-13(18-8-12)20-10-17(3,4)5/h6-8,11H,9-10H2,1-5H3,(H,18,20)(H,19,23). The number of aromatic nitrogens is 3. The molecule has 7 heteroatoms. The van der Waals surface area contributed by atoms with Crippen LogP contribution in [-0.4, -0.2) is 27.6 Å². The van der Waals surface area contributed by atoms with Gasteiger partial charge in [0, 0.05) is 18.7 Å². The number of carbonyl (C=O) groups is 1. The van der Waals surface area contributed by atoms with Crippen LogP contribution >= 0.6 is 0 Å². The molecule has 2 aromatic rings. The number of anilines is 1. The van der Waals surface area contributed by atoms with Crippen molar-refractivity contribution in [2.45, 2.75) is 47.1 Å². The minimum Gasteiger partial charge on any atom is -0.370 e. The lowest BCUT2D eigenvalue weighted by Gasteiger charge is -2.19. The lowest BCUT2D eigenvalue weighted by atomic mass is 9.97. The second-order valence-corrected chi connectivity index (χ2v) is 7.23. The smallest absolute Gasteiger partial charge is 0.253 e. The Morgan fingerprint density at radius 3 is 2.58 bits per heavy atom. The first-order chi connectivity index (χ1) is 11.2. The maximum Gasteiger partial charge on any atom is 0.253 e. The summed E-state index contributed by atoms with van der Waals surface area (Å²) in [5.41, 5.74) is 0.654. The van der Waals surface area contributed by atoms with Gasteiger partial charge in [-0.1, -0.05) is 39.8 Å². The van der Waals surface area contributed by atoms with Gasteiger partial charge in [-0.15, -0.1) is 0 Å². The molecule has 0 saturated heterocycles. The van der Waals surface area contributed by atoms with Gasteiger partial charge < -0.3 is 15.2 Å². The van der Waals surface area contributed by atoms with Crippen molar-refractivity contribution in [2.24, 2.45) is 5.41 Å². The monoisotopic (exact) mass is 331 g/mol. The average Bonchev–Trinajstić information content (AvgIpc) is 2.99. The van der Waals surface area contributed by atoms with Crippen molar-refractivity contribution in [3.8, 4) is 0 Å². The largest absolute Gasteiger partial charge is 0.370 e. The summed E-state index contributed by atoms with van der Waals surface area (Å²) in [4.78, 5) is 20.6. The van der Waals surface area contributed by atoms with E-state index in [-0.39, 0.29) is 23.8 Å². The molecule has 7 nitrogen and oxygen atoms in total. The Morgan fingerprint density at radius 1 is 1.29 bits per heavy atom. The van der Waals surface area contributed by atoms with Crippen LogP contribution < -0.4 is 10.6 Å². The summed E-state index contributed by atoms with van der Waals surface area (Å²) in [6.45, 7) is 11.4. The molecule has 0 aliphatic carbocycles. The van der Waals surface area contributed by atoms with E-state index in [2.05, 4.69) is 46.5 Å². The van der Waals surface area contributed by atoms with Crippen LogP contribution in [-0.2, 0) is 6.54 Å². The molecule has 0 aliphatic heterocycles. The Bertz CT molecular complexity index is 671. The van der Waals surface area contributed by atoms with Gasteiger partial charge in [0.1, 0.15) is 5.82 Å². The number of hydrogen-bond donors (Lipinski definition) is 2. The molecular weight excluding hydrogens is 306 g/mol. The van der Waals surface area contributed by atoms with E-state index in [0.717, 1.165) is 12.4 Å². The van der Waals surface area contributed by atoms with Crippen LogP contribution in [0.2, 0.25) is 0 Å². The molecule has 24 heavy (non-hydrogen) atoms. The number of rotatable bonds is 6. The van der Waals surface area contributed by atoms with Crippen molar-refractivity contribution in [3.63, 3.8) is 0 Å². The lowest BCUT2D eigenvalue weighted by Crippen LogP contribution is -2.24. The molecule has 0 saturated carbocycles. The van der Waals surface area contributed by atoms with E-state index in [1.807, 2.05) is 13.8 Å². The van der Waals surface area contributed by atoms with E-state index in [1.165, 1.54) is 0 Å². The molecule has 0 aliphatic rings. The molecule has 0 fully saturated rings. The highest BCUT2D eigenvalue weighted by molar-refractivity contribution is 5.93. The van der Waals surface area contributed by atoms with Crippen LogP contribution in [0.4, 0.5) is 5.82 Å². The van der Waals surface area contributed by atoms with Gasteiger partial charge in [-0.3, -0.25) is 4.79 Å². The first-order valence-corrected chi connectivity index (χ1v) is 8.05. The van der Waals surface area contributed by atoms with Crippen LogP contribution in [0.1, 0.15) is 62.6 Å².